The number of unbranched alkanes of at least 4 members (excludes halogenated alkanes) is 2. The van der Waals surface area contributed by atoms with E-state index in [2.05, 4.69) is 15.5 Å². The van der Waals surface area contributed by atoms with E-state index in [0.29, 0.717) is 62.4 Å². The molecule has 3 fully saturated rings. The highest BCUT2D eigenvalue weighted by Gasteiger charge is 2.41. The van der Waals surface area contributed by atoms with E-state index in [0.717, 1.165) is 55.6 Å². The minimum Gasteiger partial charge on any atom is -0.397 e. The van der Waals surface area contributed by atoms with Crippen LogP contribution in [0.5, 0.6) is 0 Å². The standard InChI is InChI=1S/C38H48N4O7/c39-32-9-4-5-10-33(32)41-36(45)12-3-1-2-11-35(44)40-30-8-6-7-29(23-30)37-48-31(24-34(49-37)28-15-13-27(26-43)14-16-28)25-42-19-17-38(18-20-42)46-21-22-47-38/h4-10,13-16,23,31,34,37,43H,1-3,11-12,17-22,24-26,39H2,(H,40,44)(H,41,45). The molecule has 0 saturated carbocycles. The zero-order chi connectivity index (χ0) is 34.1. The van der Waals surface area contributed by atoms with Gasteiger partial charge in [-0.25, -0.2) is 0 Å². The summed E-state index contributed by atoms with van der Waals surface area (Å²) in [6.07, 6.45) is 4.33. The van der Waals surface area contributed by atoms with Crippen LogP contribution in [0, 0.1) is 0 Å². The van der Waals surface area contributed by atoms with Crippen molar-refractivity contribution in [3.05, 3.63) is 89.5 Å². The first-order valence-electron chi connectivity index (χ1n) is 17.4. The van der Waals surface area contributed by atoms with Crippen LogP contribution in [-0.2, 0) is 35.1 Å². The normalized spacial score (nSPS) is 22.2. The number of aliphatic hydroxyl groups excluding tert-OH is 1. The fourth-order valence-corrected chi connectivity index (χ4v) is 6.74. The molecule has 0 radical (unpaired) electrons. The fourth-order valence-electron chi connectivity index (χ4n) is 6.74. The molecule has 1 spiro atoms. The molecule has 3 aliphatic heterocycles. The molecule has 3 heterocycles. The number of nitrogens with two attached hydrogens (primary N) is 1. The Kier molecular flexibility index (Phi) is 11.9. The van der Waals surface area contributed by atoms with Crippen LogP contribution < -0.4 is 16.4 Å². The van der Waals surface area contributed by atoms with Gasteiger partial charge in [0.1, 0.15) is 0 Å². The molecule has 0 aromatic heterocycles. The van der Waals surface area contributed by atoms with E-state index in [4.69, 9.17) is 24.7 Å². The van der Waals surface area contributed by atoms with E-state index in [1.165, 1.54) is 0 Å². The van der Waals surface area contributed by atoms with Gasteiger partial charge in [-0.05, 0) is 48.2 Å². The quantitative estimate of drug-likeness (QED) is 0.133. The van der Waals surface area contributed by atoms with Crippen molar-refractivity contribution < 1.29 is 33.6 Å². The molecule has 49 heavy (non-hydrogen) atoms. The summed E-state index contributed by atoms with van der Waals surface area (Å²) in [7, 11) is 0. The Morgan fingerprint density at radius 2 is 1.55 bits per heavy atom. The predicted octanol–water partition coefficient (Wildman–Crippen LogP) is 5.67. The second-order valence-electron chi connectivity index (χ2n) is 13.1. The van der Waals surface area contributed by atoms with Crippen molar-refractivity contribution in [2.24, 2.45) is 0 Å². The van der Waals surface area contributed by atoms with Gasteiger partial charge in [-0.3, -0.25) is 9.59 Å². The van der Waals surface area contributed by atoms with E-state index >= 15 is 0 Å². The maximum Gasteiger partial charge on any atom is 0.224 e. The number of rotatable bonds is 13. The van der Waals surface area contributed by atoms with Gasteiger partial charge in [0, 0.05) is 63.0 Å². The van der Waals surface area contributed by atoms with Gasteiger partial charge in [0.2, 0.25) is 11.8 Å². The number of benzene rings is 3. The summed E-state index contributed by atoms with van der Waals surface area (Å²) in [6, 6.07) is 22.7. The number of carbonyl (C=O) groups excluding carboxylic acids is 2. The molecule has 11 heteroatoms. The van der Waals surface area contributed by atoms with Crippen molar-refractivity contribution in [1.29, 1.82) is 0 Å². The van der Waals surface area contributed by atoms with E-state index in [-0.39, 0.29) is 30.6 Å². The van der Waals surface area contributed by atoms with Gasteiger partial charge in [0.05, 0.1) is 43.4 Å². The first kappa shape index (κ1) is 35.0. The summed E-state index contributed by atoms with van der Waals surface area (Å²) in [4.78, 5) is 27.5. The lowest BCUT2D eigenvalue weighted by atomic mass is 9.98. The van der Waals surface area contributed by atoms with Crippen molar-refractivity contribution in [3.8, 4) is 0 Å². The molecule has 3 aliphatic rings. The summed E-state index contributed by atoms with van der Waals surface area (Å²) in [5.74, 6) is -0.594. The minimum absolute atomic E-state index is 0.00953. The molecule has 6 rings (SSSR count). The Bertz CT molecular complexity index is 1540. The van der Waals surface area contributed by atoms with Crippen molar-refractivity contribution in [2.45, 2.75) is 82.3 Å². The topological polar surface area (TPSA) is 145 Å². The number of anilines is 3. The molecule has 3 unspecified atom stereocenters. The number of carbonyl (C=O) groups is 2. The smallest absolute Gasteiger partial charge is 0.224 e. The number of aliphatic hydroxyl groups is 1. The minimum atomic E-state index is -0.617. The number of amides is 2. The number of piperidine rings is 1. The van der Waals surface area contributed by atoms with Crippen molar-refractivity contribution in [1.82, 2.24) is 4.90 Å². The number of nitrogens with zero attached hydrogens (tertiary/aromatic N) is 1. The number of hydrogen-bond acceptors (Lipinski definition) is 9. The fraction of sp³-hybridized carbons (Fsp3) is 0.474. The van der Waals surface area contributed by atoms with Gasteiger partial charge >= 0.3 is 0 Å². The highest BCUT2D eigenvalue weighted by atomic mass is 16.7. The van der Waals surface area contributed by atoms with Crippen molar-refractivity contribution in [3.63, 3.8) is 0 Å². The lowest BCUT2D eigenvalue weighted by Gasteiger charge is -2.41. The van der Waals surface area contributed by atoms with E-state index in [1.807, 2.05) is 60.7 Å². The molecule has 3 atom stereocenters. The Morgan fingerprint density at radius 3 is 2.27 bits per heavy atom. The number of ether oxygens (including phenoxy) is 4. The highest BCUT2D eigenvalue weighted by Crippen LogP contribution is 2.39. The highest BCUT2D eigenvalue weighted by molar-refractivity contribution is 5.93. The second kappa shape index (κ2) is 16.7. The van der Waals surface area contributed by atoms with Crippen LogP contribution in [-0.4, -0.2) is 66.6 Å². The SMILES string of the molecule is Nc1ccccc1NC(=O)CCCCCC(=O)Nc1cccc(C2OC(CN3CCC4(CC3)OCCO4)CC(c3ccc(CO)cc3)O2)c1. The number of nitrogen functional groups attached to an aromatic ring is 1. The van der Waals surface area contributed by atoms with Crippen LogP contribution in [0.3, 0.4) is 0 Å². The summed E-state index contributed by atoms with van der Waals surface area (Å²) in [6.45, 7) is 3.82. The largest absolute Gasteiger partial charge is 0.397 e. The van der Waals surface area contributed by atoms with Crippen LogP contribution in [0.15, 0.2) is 72.8 Å². The number of nitrogens with one attached hydrogen (secondary N) is 2. The van der Waals surface area contributed by atoms with Gasteiger partial charge < -0.3 is 45.3 Å². The average Bonchev–Trinajstić information content (AvgIpc) is 3.58. The van der Waals surface area contributed by atoms with Gasteiger partial charge in [-0.2, -0.15) is 0 Å². The third-order valence-electron chi connectivity index (χ3n) is 9.49. The van der Waals surface area contributed by atoms with E-state index < -0.39 is 12.1 Å². The predicted molar refractivity (Wildman–Crippen MR) is 186 cm³/mol. The van der Waals surface area contributed by atoms with E-state index in [9.17, 15) is 14.7 Å². The Hall–Kier alpha value is -3.84. The van der Waals surface area contributed by atoms with Crippen LogP contribution >= 0.6 is 0 Å². The Balaban J connectivity index is 1.02. The maximum absolute atomic E-state index is 12.8. The van der Waals surface area contributed by atoms with Gasteiger partial charge in [-0.1, -0.05) is 55.0 Å². The molecule has 11 nitrogen and oxygen atoms in total. The van der Waals surface area contributed by atoms with Crippen LogP contribution in [0.1, 0.15) is 80.5 Å². The summed E-state index contributed by atoms with van der Waals surface area (Å²) >= 11 is 0. The van der Waals surface area contributed by atoms with Gasteiger partial charge in [-0.15, -0.1) is 0 Å². The molecular weight excluding hydrogens is 624 g/mol. The molecule has 0 aliphatic carbocycles. The monoisotopic (exact) mass is 672 g/mol. The number of hydrogen-bond donors (Lipinski definition) is 4. The van der Waals surface area contributed by atoms with Crippen LogP contribution in [0.4, 0.5) is 17.1 Å². The molecule has 5 N–H and O–H groups in total. The van der Waals surface area contributed by atoms with Crippen LogP contribution in [0.25, 0.3) is 0 Å². The Morgan fingerprint density at radius 1 is 0.837 bits per heavy atom. The number of likely N-dealkylation sites (tertiary alicyclic amines) is 1. The zero-order valence-electron chi connectivity index (χ0n) is 28.0. The molecule has 2 amide bonds. The first-order chi connectivity index (χ1) is 23.9. The first-order valence-corrected chi connectivity index (χ1v) is 17.4. The molecule has 262 valence electrons. The molecule has 0 bridgehead atoms. The summed E-state index contributed by atoms with van der Waals surface area (Å²) in [5.41, 5.74) is 10.4. The Labute approximate surface area is 288 Å². The van der Waals surface area contributed by atoms with Crippen molar-refractivity contribution >= 4 is 28.9 Å². The molecule has 3 saturated heterocycles. The lowest BCUT2D eigenvalue weighted by Crippen LogP contribution is -2.48. The average molecular weight is 673 g/mol. The number of para-hydroxylation sites is 2. The van der Waals surface area contributed by atoms with Gasteiger partial charge in [0.25, 0.3) is 0 Å². The molecule has 3 aromatic carbocycles. The molecular formula is C38H48N4O7. The second-order valence-corrected chi connectivity index (χ2v) is 13.1. The third kappa shape index (κ3) is 9.66. The van der Waals surface area contributed by atoms with Crippen LogP contribution in [0.2, 0.25) is 0 Å². The summed E-state index contributed by atoms with van der Waals surface area (Å²) in [5, 5.41) is 15.4. The zero-order valence-corrected chi connectivity index (χ0v) is 28.0. The summed E-state index contributed by atoms with van der Waals surface area (Å²) < 4.78 is 25.0. The third-order valence-corrected chi connectivity index (χ3v) is 9.49. The molecule has 3 aromatic rings. The van der Waals surface area contributed by atoms with Crippen molar-refractivity contribution in [2.75, 3.05) is 49.2 Å². The maximum atomic E-state index is 12.8. The van der Waals surface area contributed by atoms with Gasteiger partial charge in [0.15, 0.2) is 12.1 Å². The van der Waals surface area contributed by atoms with E-state index in [1.54, 1.807) is 12.1 Å². The lowest BCUT2D eigenvalue weighted by molar-refractivity contribution is -0.255.